The molecule has 0 saturated heterocycles. The van der Waals surface area contributed by atoms with Gasteiger partial charge in [0.05, 0.1) is 0 Å². The normalized spacial score (nSPS) is 12.3. The number of unbranched alkanes of at least 4 members (excludes halogenated alkanes) is 21. The van der Waals surface area contributed by atoms with Gasteiger partial charge in [0.15, 0.2) is 6.10 Å². The van der Waals surface area contributed by atoms with Crippen LogP contribution in [-0.2, 0) is 28.6 Å². The Bertz CT molecular complexity index is 876. The van der Waals surface area contributed by atoms with E-state index in [0.29, 0.717) is 19.3 Å². The Balaban J connectivity index is 4.20. The third-order valence-electron chi connectivity index (χ3n) is 9.10. The van der Waals surface area contributed by atoms with Gasteiger partial charge in [-0.25, -0.2) is 0 Å². The summed E-state index contributed by atoms with van der Waals surface area (Å²) in [5.74, 6) is -0.914. The summed E-state index contributed by atoms with van der Waals surface area (Å²) in [6.45, 7) is 6.44. The van der Waals surface area contributed by atoms with Gasteiger partial charge < -0.3 is 14.2 Å². The third kappa shape index (κ3) is 38.7. The second-order valence-corrected chi connectivity index (χ2v) is 14.3. The van der Waals surface area contributed by atoms with Crippen molar-refractivity contribution in [3.8, 4) is 0 Å². The summed E-state index contributed by atoms with van der Waals surface area (Å²) >= 11 is 0. The molecule has 0 spiro atoms. The van der Waals surface area contributed by atoms with Crippen LogP contribution in [0, 0.1) is 0 Å². The number of hydrogen-bond acceptors (Lipinski definition) is 6. The van der Waals surface area contributed by atoms with E-state index in [2.05, 4.69) is 57.2 Å². The van der Waals surface area contributed by atoms with E-state index in [9.17, 15) is 14.4 Å². The molecule has 0 bridgehead atoms. The van der Waals surface area contributed by atoms with Gasteiger partial charge in [0, 0.05) is 19.3 Å². The number of allylic oxidation sites excluding steroid dienone is 6. The van der Waals surface area contributed by atoms with E-state index >= 15 is 0 Å². The van der Waals surface area contributed by atoms with Crippen molar-refractivity contribution < 1.29 is 28.6 Å². The van der Waals surface area contributed by atoms with Crippen LogP contribution in [0.2, 0.25) is 0 Å². The number of carbonyl (C=O) groups excluding carboxylic acids is 3. The SMILES string of the molecule is CCC/C=C\CCCCCCCC(=O)OC(COC(=O)CCCCCCC)COC(=O)CCCCCCCCC/C=C\C/C=C\CCCCCC. The van der Waals surface area contributed by atoms with E-state index in [4.69, 9.17) is 14.2 Å². The van der Waals surface area contributed by atoms with Crippen molar-refractivity contribution in [1.82, 2.24) is 0 Å². The minimum absolute atomic E-state index is 0.0790. The molecule has 0 aliphatic carbocycles. The first kappa shape index (κ1) is 48.6. The quantitative estimate of drug-likeness (QED) is 0.0274. The van der Waals surface area contributed by atoms with Crippen molar-refractivity contribution in [2.75, 3.05) is 13.2 Å². The lowest BCUT2D eigenvalue weighted by Crippen LogP contribution is -2.30. The van der Waals surface area contributed by atoms with Crippen LogP contribution in [0.1, 0.15) is 213 Å². The average molecular weight is 717 g/mol. The number of hydrogen-bond donors (Lipinski definition) is 0. The predicted octanol–water partition coefficient (Wildman–Crippen LogP) is 13.4. The first-order valence-electron chi connectivity index (χ1n) is 21.5. The zero-order valence-corrected chi connectivity index (χ0v) is 33.6. The van der Waals surface area contributed by atoms with Gasteiger partial charge in [-0.15, -0.1) is 0 Å². The fraction of sp³-hybridized carbons (Fsp3) is 0.800. The molecule has 0 N–H and O–H groups in total. The number of rotatable bonds is 38. The molecule has 0 aliphatic heterocycles. The fourth-order valence-corrected chi connectivity index (χ4v) is 5.83. The van der Waals surface area contributed by atoms with Gasteiger partial charge in [0.2, 0.25) is 0 Å². The van der Waals surface area contributed by atoms with Gasteiger partial charge >= 0.3 is 17.9 Å². The minimum Gasteiger partial charge on any atom is -0.462 e. The third-order valence-corrected chi connectivity index (χ3v) is 9.10. The zero-order valence-electron chi connectivity index (χ0n) is 33.6. The van der Waals surface area contributed by atoms with E-state index in [1.165, 1.54) is 77.0 Å². The Morgan fingerprint density at radius 3 is 1.20 bits per heavy atom. The van der Waals surface area contributed by atoms with Crippen LogP contribution < -0.4 is 0 Å². The Morgan fingerprint density at radius 1 is 0.392 bits per heavy atom. The largest absolute Gasteiger partial charge is 0.462 e. The molecule has 1 atom stereocenters. The monoisotopic (exact) mass is 717 g/mol. The molecule has 0 heterocycles. The van der Waals surface area contributed by atoms with Crippen LogP contribution in [0.25, 0.3) is 0 Å². The molecule has 0 amide bonds. The molecule has 51 heavy (non-hydrogen) atoms. The molecule has 0 fully saturated rings. The van der Waals surface area contributed by atoms with Crippen LogP contribution in [0.3, 0.4) is 0 Å². The molecule has 0 aromatic rings. The van der Waals surface area contributed by atoms with Gasteiger partial charge in [-0.1, -0.05) is 160 Å². The Kier molecular flexibility index (Phi) is 38.5. The number of ether oxygens (including phenoxy) is 3. The predicted molar refractivity (Wildman–Crippen MR) is 215 cm³/mol. The minimum atomic E-state index is -0.771. The Hall–Kier alpha value is -2.37. The smallest absolute Gasteiger partial charge is 0.306 e. The second-order valence-electron chi connectivity index (χ2n) is 14.3. The summed E-state index contributed by atoms with van der Waals surface area (Å²) < 4.78 is 16.5. The summed E-state index contributed by atoms with van der Waals surface area (Å²) in [7, 11) is 0. The fourth-order valence-electron chi connectivity index (χ4n) is 5.83. The summed E-state index contributed by atoms with van der Waals surface area (Å²) in [6.07, 6.45) is 44.4. The topological polar surface area (TPSA) is 78.9 Å². The summed E-state index contributed by atoms with van der Waals surface area (Å²) in [6, 6.07) is 0. The van der Waals surface area contributed by atoms with Crippen molar-refractivity contribution in [3.63, 3.8) is 0 Å². The molecule has 0 saturated carbocycles. The molecule has 296 valence electrons. The maximum Gasteiger partial charge on any atom is 0.306 e. The van der Waals surface area contributed by atoms with E-state index in [1.54, 1.807) is 0 Å². The summed E-state index contributed by atoms with van der Waals surface area (Å²) in [4.78, 5) is 37.3. The molecular weight excluding hydrogens is 636 g/mol. The lowest BCUT2D eigenvalue weighted by atomic mass is 10.1. The van der Waals surface area contributed by atoms with Gasteiger partial charge in [0.1, 0.15) is 13.2 Å². The molecule has 0 aromatic heterocycles. The lowest BCUT2D eigenvalue weighted by Gasteiger charge is -2.18. The molecule has 6 nitrogen and oxygen atoms in total. The molecule has 1 unspecified atom stereocenters. The molecule has 6 heteroatoms. The van der Waals surface area contributed by atoms with E-state index in [1.807, 2.05) is 0 Å². The maximum absolute atomic E-state index is 12.6. The standard InChI is InChI=1S/C45H80O6/c1-4-7-10-13-15-17-19-20-21-22-23-24-25-26-28-29-32-35-38-44(47)50-41-42(40-49-43(46)37-34-31-12-9-6-3)51-45(48)39-36-33-30-27-18-16-14-11-8-5-2/h11,14,17,19,21-22,42H,4-10,12-13,15-16,18,20,23-41H2,1-3H3/b14-11-,19-17-,22-21-. The first-order chi connectivity index (χ1) is 25.0. The highest BCUT2D eigenvalue weighted by atomic mass is 16.6. The summed E-state index contributed by atoms with van der Waals surface area (Å²) in [5, 5.41) is 0. The highest BCUT2D eigenvalue weighted by Gasteiger charge is 2.19. The molecule has 0 aliphatic rings. The maximum atomic E-state index is 12.6. The van der Waals surface area contributed by atoms with Crippen LogP contribution in [0.15, 0.2) is 36.5 Å². The highest BCUT2D eigenvalue weighted by Crippen LogP contribution is 2.13. The Morgan fingerprint density at radius 2 is 0.745 bits per heavy atom. The molecular formula is C45H80O6. The van der Waals surface area contributed by atoms with Gasteiger partial charge in [0.25, 0.3) is 0 Å². The Labute approximate surface area is 315 Å². The van der Waals surface area contributed by atoms with Crippen molar-refractivity contribution in [1.29, 1.82) is 0 Å². The molecule has 0 radical (unpaired) electrons. The van der Waals surface area contributed by atoms with Gasteiger partial charge in [-0.05, 0) is 70.6 Å². The van der Waals surface area contributed by atoms with Crippen molar-refractivity contribution in [3.05, 3.63) is 36.5 Å². The molecule has 0 rings (SSSR count). The summed E-state index contributed by atoms with van der Waals surface area (Å²) in [5.41, 5.74) is 0. The van der Waals surface area contributed by atoms with Gasteiger partial charge in [-0.3, -0.25) is 14.4 Å². The van der Waals surface area contributed by atoms with Crippen LogP contribution in [0.4, 0.5) is 0 Å². The van der Waals surface area contributed by atoms with Gasteiger partial charge in [-0.2, -0.15) is 0 Å². The molecule has 0 aromatic carbocycles. The van der Waals surface area contributed by atoms with Crippen LogP contribution >= 0.6 is 0 Å². The van der Waals surface area contributed by atoms with Crippen LogP contribution in [-0.4, -0.2) is 37.2 Å². The van der Waals surface area contributed by atoms with Crippen molar-refractivity contribution >= 4 is 17.9 Å². The van der Waals surface area contributed by atoms with Crippen molar-refractivity contribution in [2.45, 2.75) is 219 Å². The second kappa shape index (κ2) is 40.4. The highest BCUT2D eigenvalue weighted by molar-refractivity contribution is 5.71. The van der Waals surface area contributed by atoms with E-state index in [-0.39, 0.29) is 31.1 Å². The van der Waals surface area contributed by atoms with Crippen molar-refractivity contribution in [2.24, 2.45) is 0 Å². The lowest BCUT2D eigenvalue weighted by molar-refractivity contribution is -0.167. The zero-order chi connectivity index (χ0) is 37.3. The van der Waals surface area contributed by atoms with E-state index in [0.717, 1.165) is 96.3 Å². The number of carbonyl (C=O) groups is 3. The average Bonchev–Trinajstić information content (AvgIpc) is 3.12. The first-order valence-corrected chi connectivity index (χ1v) is 21.5. The van der Waals surface area contributed by atoms with Crippen LogP contribution in [0.5, 0.6) is 0 Å². The number of esters is 3. The van der Waals surface area contributed by atoms with E-state index < -0.39 is 6.10 Å².